The van der Waals surface area contributed by atoms with Crippen molar-refractivity contribution in [2.45, 2.75) is 12.7 Å². The number of H-pyrrole nitrogens is 1. The first-order valence-electron chi connectivity index (χ1n) is 6.08. The molecule has 2 rings (SSSR count). The van der Waals surface area contributed by atoms with E-state index in [0.717, 1.165) is 6.07 Å². The summed E-state index contributed by atoms with van der Waals surface area (Å²) in [7, 11) is 1.34. The number of alkyl halides is 3. The Morgan fingerprint density at radius 3 is 2.71 bits per heavy atom. The van der Waals surface area contributed by atoms with Crippen LogP contribution in [-0.4, -0.2) is 22.9 Å². The number of rotatable bonds is 4. The quantitative estimate of drug-likeness (QED) is 0.812. The Morgan fingerprint density at radius 1 is 1.38 bits per heavy atom. The molecule has 0 radical (unpaired) electrons. The second kappa shape index (κ2) is 5.86. The first-order valence-corrected chi connectivity index (χ1v) is 6.08. The number of aromatic amines is 1. The molecule has 112 valence electrons. The molecule has 1 aromatic heterocycles. The maximum Gasteiger partial charge on any atom is 0.418 e. The van der Waals surface area contributed by atoms with Gasteiger partial charge in [0.1, 0.15) is 5.82 Å². The van der Waals surface area contributed by atoms with Crippen molar-refractivity contribution < 1.29 is 18.0 Å². The Hall–Kier alpha value is -2.51. The SMILES string of the molecule is CNc1c(C(=O)NCc2ncc[nH]2)cccc1C(F)(F)F. The molecule has 5 nitrogen and oxygen atoms in total. The lowest BCUT2D eigenvalue weighted by Gasteiger charge is -2.16. The highest BCUT2D eigenvalue weighted by Gasteiger charge is 2.34. The van der Waals surface area contributed by atoms with E-state index in [9.17, 15) is 18.0 Å². The standard InChI is InChI=1S/C13H13F3N4O/c1-17-11-8(3-2-4-9(11)13(14,15)16)12(21)20-7-10-18-5-6-19-10/h2-6,17H,7H2,1H3,(H,18,19)(H,20,21). The van der Waals surface area contributed by atoms with Gasteiger partial charge >= 0.3 is 6.18 Å². The highest BCUT2D eigenvalue weighted by molar-refractivity contribution is 6.00. The molecule has 8 heteroatoms. The van der Waals surface area contributed by atoms with Crippen LogP contribution in [0.1, 0.15) is 21.7 Å². The molecule has 0 unspecified atom stereocenters. The van der Waals surface area contributed by atoms with Gasteiger partial charge in [0.2, 0.25) is 0 Å². The summed E-state index contributed by atoms with van der Waals surface area (Å²) >= 11 is 0. The highest BCUT2D eigenvalue weighted by Crippen LogP contribution is 2.36. The molecule has 0 atom stereocenters. The zero-order valence-corrected chi connectivity index (χ0v) is 11.1. The van der Waals surface area contributed by atoms with Gasteiger partial charge < -0.3 is 15.6 Å². The molecule has 1 aromatic carbocycles. The fourth-order valence-corrected chi connectivity index (χ4v) is 1.90. The number of imidazole rings is 1. The maximum atomic E-state index is 12.9. The fourth-order valence-electron chi connectivity index (χ4n) is 1.90. The molecule has 0 saturated carbocycles. The van der Waals surface area contributed by atoms with E-state index in [-0.39, 0.29) is 17.8 Å². The van der Waals surface area contributed by atoms with Crippen LogP contribution in [-0.2, 0) is 12.7 Å². The van der Waals surface area contributed by atoms with E-state index in [0.29, 0.717) is 5.82 Å². The molecule has 1 amide bonds. The van der Waals surface area contributed by atoms with Crippen LogP contribution in [0.2, 0.25) is 0 Å². The van der Waals surface area contributed by atoms with E-state index in [1.165, 1.54) is 25.4 Å². The number of hydrogen-bond acceptors (Lipinski definition) is 3. The van der Waals surface area contributed by atoms with Crippen molar-refractivity contribution in [3.63, 3.8) is 0 Å². The minimum absolute atomic E-state index is 0.0705. The van der Waals surface area contributed by atoms with Crippen molar-refractivity contribution in [2.24, 2.45) is 0 Å². The Morgan fingerprint density at radius 2 is 2.14 bits per heavy atom. The zero-order valence-electron chi connectivity index (χ0n) is 11.1. The average Bonchev–Trinajstić information content (AvgIpc) is 2.96. The number of halogens is 3. The third-order valence-electron chi connectivity index (χ3n) is 2.84. The predicted octanol–water partition coefficient (Wildman–Crippen LogP) is 2.40. The van der Waals surface area contributed by atoms with Crippen molar-refractivity contribution in [3.05, 3.63) is 47.5 Å². The normalized spacial score (nSPS) is 11.2. The van der Waals surface area contributed by atoms with E-state index in [1.54, 1.807) is 6.20 Å². The van der Waals surface area contributed by atoms with Crippen LogP contribution in [0.4, 0.5) is 18.9 Å². The number of aromatic nitrogens is 2. The minimum Gasteiger partial charge on any atom is -0.387 e. The smallest absolute Gasteiger partial charge is 0.387 e. The molecule has 1 heterocycles. The Balaban J connectivity index is 2.24. The van der Waals surface area contributed by atoms with Crippen molar-refractivity contribution in [3.8, 4) is 0 Å². The summed E-state index contributed by atoms with van der Waals surface area (Å²) in [5.74, 6) is -0.0943. The first kappa shape index (κ1) is 14.9. The van der Waals surface area contributed by atoms with Gasteiger partial charge in [-0.15, -0.1) is 0 Å². The molecule has 2 aromatic rings. The second-order valence-electron chi connectivity index (χ2n) is 4.19. The highest BCUT2D eigenvalue weighted by atomic mass is 19.4. The van der Waals surface area contributed by atoms with Gasteiger partial charge in [-0.25, -0.2) is 4.98 Å². The first-order chi connectivity index (χ1) is 9.93. The zero-order chi connectivity index (χ0) is 15.5. The van der Waals surface area contributed by atoms with Gasteiger partial charge in [0.25, 0.3) is 5.91 Å². The number of carbonyl (C=O) groups is 1. The molecule has 3 N–H and O–H groups in total. The largest absolute Gasteiger partial charge is 0.418 e. The van der Waals surface area contributed by atoms with Crippen LogP contribution in [0.25, 0.3) is 0 Å². The Bertz CT molecular complexity index is 623. The summed E-state index contributed by atoms with van der Waals surface area (Å²) in [6, 6.07) is 3.46. The lowest BCUT2D eigenvalue weighted by molar-refractivity contribution is -0.136. The van der Waals surface area contributed by atoms with E-state index >= 15 is 0 Å². The predicted molar refractivity (Wildman–Crippen MR) is 70.7 cm³/mol. The molecule has 0 saturated heterocycles. The average molecular weight is 298 g/mol. The van der Waals surface area contributed by atoms with Gasteiger partial charge in [-0.3, -0.25) is 4.79 Å². The van der Waals surface area contributed by atoms with Crippen LogP contribution in [0.3, 0.4) is 0 Å². The van der Waals surface area contributed by atoms with Gasteiger partial charge in [0.05, 0.1) is 23.4 Å². The van der Waals surface area contributed by atoms with Crippen molar-refractivity contribution in [2.75, 3.05) is 12.4 Å². The number of para-hydroxylation sites is 1. The molecule has 0 bridgehead atoms. The lowest BCUT2D eigenvalue weighted by atomic mass is 10.1. The van der Waals surface area contributed by atoms with E-state index in [4.69, 9.17) is 0 Å². The Kier molecular flexibility index (Phi) is 4.15. The summed E-state index contributed by atoms with van der Waals surface area (Å²) in [6.07, 6.45) is -1.43. The third kappa shape index (κ3) is 3.33. The number of anilines is 1. The molecular formula is C13H13F3N4O. The monoisotopic (exact) mass is 298 g/mol. The van der Waals surface area contributed by atoms with Gasteiger partial charge in [-0.1, -0.05) is 6.07 Å². The topological polar surface area (TPSA) is 69.8 Å². The molecule has 0 aliphatic carbocycles. The summed E-state index contributed by atoms with van der Waals surface area (Å²) in [4.78, 5) is 18.7. The van der Waals surface area contributed by atoms with Crippen LogP contribution in [0.15, 0.2) is 30.6 Å². The number of carbonyl (C=O) groups excluding carboxylic acids is 1. The van der Waals surface area contributed by atoms with Crippen molar-refractivity contribution in [1.29, 1.82) is 0 Å². The summed E-state index contributed by atoms with van der Waals surface area (Å²) < 4.78 is 38.7. The summed E-state index contributed by atoms with van der Waals surface area (Å²) in [5, 5.41) is 4.96. The Labute approximate surface area is 118 Å². The number of amides is 1. The van der Waals surface area contributed by atoms with Crippen molar-refractivity contribution in [1.82, 2.24) is 15.3 Å². The molecule has 0 aliphatic rings. The number of nitrogens with one attached hydrogen (secondary N) is 3. The summed E-state index contributed by atoms with van der Waals surface area (Å²) in [6.45, 7) is 0.102. The lowest BCUT2D eigenvalue weighted by Crippen LogP contribution is -2.25. The molecule has 21 heavy (non-hydrogen) atoms. The molecule has 0 aliphatic heterocycles. The van der Waals surface area contributed by atoms with Crippen LogP contribution < -0.4 is 10.6 Å². The maximum absolute atomic E-state index is 12.9. The van der Waals surface area contributed by atoms with E-state index in [2.05, 4.69) is 20.6 Å². The van der Waals surface area contributed by atoms with Gasteiger partial charge in [0.15, 0.2) is 0 Å². The van der Waals surface area contributed by atoms with E-state index < -0.39 is 17.6 Å². The van der Waals surface area contributed by atoms with Gasteiger partial charge in [0, 0.05) is 19.4 Å². The van der Waals surface area contributed by atoms with Crippen molar-refractivity contribution >= 4 is 11.6 Å². The molecular weight excluding hydrogens is 285 g/mol. The number of hydrogen-bond donors (Lipinski definition) is 3. The van der Waals surface area contributed by atoms with Crippen LogP contribution >= 0.6 is 0 Å². The summed E-state index contributed by atoms with van der Waals surface area (Å²) in [5.41, 5.74) is -1.20. The second-order valence-corrected chi connectivity index (χ2v) is 4.19. The number of benzene rings is 1. The van der Waals surface area contributed by atoms with Crippen LogP contribution in [0.5, 0.6) is 0 Å². The number of nitrogens with zero attached hydrogens (tertiary/aromatic N) is 1. The van der Waals surface area contributed by atoms with Gasteiger partial charge in [-0.05, 0) is 12.1 Å². The molecule has 0 fully saturated rings. The minimum atomic E-state index is -4.53. The van der Waals surface area contributed by atoms with Gasteiger partial charge in [-0.2, -0.15) is 13.2 Å². The molecule has 0 spiro atoms. The van der Waals surface area contributed by atoms with Crippen LogP contribution in [0, 0.1) is 0 Å². The third-order valence-corrected chi connectivity index (χ3v) is 2.84. The van der Waals surface area contributed by atoms with E-state index in [1.807, 2.05) is 0 Å². The fraction of sp³-hybridized carbons (Fsp3) is 0.231.